The third-order valence-electron chi connectivity index (χ3n) is 9.42. The Labute approximate surface area is 281 Å². The molecule has 0 saturated carbocycles. The highest BCUT2D eigenvalue weighted by Gasteiger charge is 2.49. The Morgan fingerprint density at radius 2 is 0.792 bits per heavy atom. The third-order valence-corrected chi connectivity index (χ3v) is 14.3. The quantitative estimate of drug-likeness (QED) is 0.182. The summed E-state index contributed by atoms with van der Waals surface area (Å²) in [6.07, 6.45) is 0. The molecule has 8 rings (SSSR count). The highest BCUT2D eigenvalue weighted by Crippen LogP contribution is 2.47. The van der Waals surface area contributed by atoms with Crippen molar-refractivity contribution in [3.8, 4) is 34.4 Å². The Balaban J connectivity index is 1.49. The van der Waals surface area contributed by atoms with Crippen LogP contribution in [-0.4, -0.2) is 8.07 Å². The Hall–Kier alpha value is -6.46. The molecule has 3 nitrogen and oxygen atoms in total. The molecule has 0 aliphatic carbocycles. The Bertz CT molecular complexity index is 2190. The first-order valence-electron chi connectivity index (χ1n) is 16.0. The topological polar surface area (TPSA) is 50.8 Å². The summed E-state index contributed by atoms with van der Waals surface area (Å²) in [7, 11) is -2.78. The fraction of sp³-hybridized carbons (Fsp3) is 0. The van der Waals surface area contributed by atoms with E-state index in [9.17, 15) is 10.5 Å². The molecule has 0 N–H and O–H groups in total. The van der Waals surface area contributed by atoms with Crippen LogP contribution in [0.3, 0.4) is 0 Å². The molecule has 0 radical (unpaired) electrons. The average molecular weight is 628 g/mol. The number of anilines is 3. The van der Waals surface area contributed by atoms with E-state index < -0.39 is 8.07 Å². The molecule has 0 saturated heterocycles. The van der Waals surface area contributed by atoms with Crippen molar-refractivity contribution in [1.29, 1.82) is 10.5 Å². The van der Waals surface area contributed by atoms with E-state index in [4.69, 9.17) is 0 Å². The zero-order chi connectivity index (χ0) is 32.5. The van der Waals surface area contributed by atoms with Gasteiger partial charge in [0.05, 0.1) is 29.0 Å². The number of hydrogen-bond donors (Lipinski definition) is 0. The Morgan fingerprint density at radius 3 is 1.21 bits per heavy atom. The van der Waals surface area contributed by atoms with Crippen LogP contribution in [0.5, 0.6) is 0 Å². The van der Waals surface area contributed by atoms with Gasteiger partial charge in [-0.05, 0) is 68.3 Å². The smallest absolute Gasteiger partial charge is 0.184 e. The van der Waals surface area contributed by atoms with Gasteiger partial charge in [-0.25, -0.2) is 0 Å². The minimum atomic E-state index is -2.78. The zero-order valence-electron chi connectivity index (χ0n) is 26.1. The summed E-state index contributed by atoms with van der Waals surface area (Å²) in [5.74, 6) is 0. The maximum Gasteiger partial charge on any atom is 0.184 e. The van der Waals surface area contributed by atoms with Crippen molar-refractivity contribution in [2.45, 2.75) is 0 Å². The highest BCUT2D eigenvalue weighted by molar-refractivity contribution is 7.21. The van der Waals surface area contributed by atoms with Gasteiger partial charge in [-0.1, -0.05) is 140 Å². The number of nitriles is 2. The molecule has 0 spiro atoms. The number of rotatable bonds is 5. The van der Waals surface area contributed by atoms with Crippen molar-refractivity contribution in [3.63, 3.8) is 0 Å². The van der Waals surface area contributed by atoms with E-state index in [-0.39, 0.29) is 0 Å². The van der Waals surface area contributed by atoms with Gasteiger partial charge in [-0.15, -0.1) is 0 Å². The lowest BCUT2D eigenvalue weighted by atomic mass is 9.93. The van der Waals surface area contributed by atoms with Crippen LogP contribution in [0, 0.1) is 22.7 Å². The summed E-state index contributed by atoms with van der Waals surface area (Å²) < 4.78 is 0. The largest absolute Gasteiger partial charge is 0.309 e. The fourth-order valence-corrected chi connectivity index (χ4v) is 12.5. The number of hydrogen-bond acceptors (Lipinski definition) is 3. The molecule has 48 heavy (non-hydrogen) atoms. The molecule has 0 unspecified atom stereocenters. The molecule has 224 valence electrons. The fourth-order valence-electron chi connectivity index (χ4n) is 7.35. The van der Waals surface area contributed by atoms with E-state index in [2.05, 4.69) is 144 Å². The lowest BCUT2D eigenvalue weighted by Crippen LogP contribution is -2.77. The van der Waals surface area contributed by atoms with Crippen molar-refractivity contribution in [2.75, 3.05) is 4.90 Å². The number of nitrogens with zero attached hydrogens (tertiary/aromatic N) is 3. The lowest BCUT2D eigenvalue weighted by molar-refractivity contribution is 1.29. The predicted molar refractivity (Wildman–Crippen MR) is 199 cm³/mol. The SMILES string of the molecule is N#Cc1ccc(-c2cccc(-c3ccc(C#N)cc3)c2N2c3ccccc3[Si](c3ccccc3)(c3ccccc3)c3ccccc32)cc1. The normalized spacial score (nSPS) is 12.7. The van der Waals surface area contributed by atoms with Crippen LogP contribution < -0.4 is 25.6 Å². The molecule has 0 bridgehead atoms. The van der Waals surface area contributed by atoms with Gasteiger partial charge in [0, 0.05) is 22.5 Å². The second-order valence-corrected chi connectivity index (χ2v) is 15.7. The van der Waals surface area contributed by atoms with Crippen LogP contribution in [0.4, 0.5) is 17.1 Å². The van der Waals surface area contributed by atoms with Crippen LogP contribution in [0.15, 0.2) is 176 Å². The van der Waals surface area contributed by atoms with Crippen LogP contribution >= 0.6 is 0 Å². The molecular weight excluding hydrogens is 599 g/mol. The molecule has 4 heteroatoms. The maximum absolute atomic E-state index is 9.57. The van der Waals surface area contributed by atoms with E-state index in [1.165, 1.54) is 20.7 Å². The van der Waals surface area contributed by atoms with E-state index in [1.54, 1.807) is 0 Å². The van der Waals surface area contributed by atoms with E-state index in [0.29, 0.717) is 11.1 Å². The predicted octanol–water partition coefficient (Wildman–Crippen LogP) is 7.92. The van der Waals surface area contributed by atoms with Crippen molar-refractivity contribution in [2.24, 2.45) is 0 Å². The van der Waals surface area contributed by atoms with Crippen LogP contribution in [0.1, 0.15) is 11.1 Å². The van der Waals surface area contributed by atoms with Crippen molar-refractivity contribution < 1.29 is 0 Å². The minimum Gasteiger partial charge on any atom is -0.309 e. The van der Waals surface area contributed by atoms with E-state index in [1.807, 2.05) is 48.5 Å². The summed E-state index contributed by atoms with van der Waals surface area (Å²) in [6.45, 7) is 0. The van der Waals surface area contributed by atoms with E-state index >= 15 is 0 Å². The highest BCUT2D eigenvalue weighted by atomic mass is 28.3. The number of fused-ring (bicyclic) bond motifs is 2. The first kappa shape index (κ1) is 29.0. The van der Waals surface area contributed by atoms with Gasteiger partial charge in [0.2, 0.25) is 0 Å². The van der Waals surface area contributed by atoms with Crippen molar-refractivity contribution >= 4 is 45.9 Å². The minimum absolute atomic E-state index is 0.624. The van der Waals surface area contributed by atoms with Crippen molar-refractivity contribution in [3.05, 3.63) is 187 Å². The molecule has 1 aliphatic rings. The molecule has 1 aliphatic heterocycles. The first-order valence-corrected chi connectivity index (χ1v) is 18.0. The van der Waals surface area contributed by atoms with Crippen molar-refractivity contribution in [1.82, 2.24) is 0 Å². The summed E-state index contributed by atoms with van der Waals surface area (Å²) in [5, 5.41) is 24.5. The second kappa shape index (κ2) is 12.0. The van der Waals surface area contributed by atoms with Gasteiger partial charge in [-0.3, -0.25) is 0 Å². The molecule has 0 fully saturated rings. The molecule has 0 amide bonds. The molecule has 7 aromatic rings. The first-order chi connectivity index (χ1) is 23.7. The van der Waals surface area contributed by atoms with Gasteiger partial charge in [0.15, 0.2) is 8.07 Å². The van der Waals surface area contributed by atoms with Gasteiger partial charge < -0.3 is 4.90 Å². The summed E-state index contributed by atoms with van der Waals surface area (Å²) in [4.78, 5) is 2.45. The standard InChI is InChI=1S/C44H29N3Si/c45-30-32-22-26-34(27-23-32)38-16-11-17-39(35-28-24-33(31-46)25-29-35)44(38)47-40-18-7-9-20-42(40)48(36-12-3-1-4-13-36,37-14-5-2-6-15-37)43-21-10-8-19-41(43)47/h1-29H. The number of benzene rings is 7. The van der Waals surface area contributed by atoms with E-state index in [0.717, 1.165) is 39.3 Å². The molecule has 0 aromatic heterocycles. The molecule has 7 aromatic carbocycles. The average Bonchev–Trinajstić information content (AvgIpc) is 3.17. The van der Waals surface area contributed by atoms with Crippen LogP contribution in [0.2, 0.25) is 0 Å². The van der Waals surface area contributed by atoms with Crippen LogP contribution in [0.25, 0.3) is 22.3 Å². The van der Waals surface area contributed by atoms with Gasteiger partial charge >= 0.3 is 0 Å². The summed E-state index contributed by atoms with van der Waals surface area (Å²) in [6, 6.07) is 66.5. The van der Waals surface area contributed by atoms with Gasteiger partial charge in [0.25, 0.3) is 0 Å². The number of para-hydroxylation sites is 3. The third kappa shape index (κ3) is 4.55. The van der Waals surface area contributed by atoms with Gasteiger partial charge in [0.1, 0.15) is 0 Å². The lowest BCUT2D eigenvalue weighted by Gasteiger charge is -2.45. The summed E-state index contributed by atoms with van der Waals surface area (Å²) in [5.41, 5.74) is 8.74. The summed E-state index contributed by atoms with van der Waals surface area (Å²) >= 11 is 0. The monoisotopic (exact) mass is 627 g/mol. The van der Waals surface area contributed by atoms with Gasteiger partial charge in [-0.2, -0.15) is 10.5 Å². The molecule has 0 atom stereocenters. The zero-order valence-corrected chi connectivity index (χ0v) is 27.1. The maximum atomic E-state index is 9.57. The van der Waals surface area contributed by atoms with Crippen LogP contribution in [-0.2, 0) is 0 Å². The Morgan fingerprint density at radius 1 is 0.396 bits per heavy atom. The second-order valence-electron chi connectivity index (χ2n) is 11.9. The molecule has 1 heterocycles. The Kier molecular flexibility index (Phi) is 7.27. The molecular formula is C44H29N3Si.